The van der Waals surface area contributed by atoms with Crippen LogP contribution in [0, 0.1) is 11.6 Å². The molecular weight excluding hydrogens is 342 g/mol. The highest BCUT2D eigenvalue weighted by Gasteiger charge is 2.15. The number of methoxy groups -OCH3 is 1. The van der Waals surface area contributed by atoms with Gasteiger partial charge in [-0.05, 0) is 47.9 Å². The summed E-state index contributed by atoms with van der Waals surface area (Å²) in [5.74, 6) is 4.96. The van der Waals surface area contributed by atoms with Gasteiger partial charge in [-0.15, -0.1) is 0 Å². The molecule has 0 saturated heterocycles. The average molecular weight is 357 g/mol. The first-order chi connectivity index (χ1) is 10.0. The number of hydrogen-bond donors (Lipinski definition) is 2. The van der Waals surface area contributed by atoms with Crippen molar-refractivity contribution in [3.05, 3.63) is 63.6 Å². The van der Waals surface area contributed by atoms with E-state index in [0.717, 1.165) is 15.6 Å². The molecule has 0 saturated carbocycles. The van der Waals surface area contributed by atoms with E-state index in [1.165, 1.54) is 25.3 Å². The van der Waals surface area contributed by atoms with E-state index in [2.05, 4.69) is 21.4 Å². The Morgan fingerprint density at radius 2 is 2.00 bits per heavy atom. The van der Waals surface area contributed by atoms with E-state index in [0.29, 0.717) is 6.42 Å². The van der Waals surface area contributed by atoms with Gasteiger partial charge in [0.1, 0.15) is 5.82 Å². The molecule has 0 amide bonds. The van der Waals surface area contributed by atoms with Crippen molar-refractivity contribution in [2.45, 2.75) is 12.5 Å². The lowest BCUT2D eigenvalue weighted by Gasteiger charge is -2.18. The Bertz CT molecular complexity index is 637. The second-order valence-corrected chi connectivity index (χ2v) is 5.41. The van der Waals surface area contributed by atoms with Crippen molar-refractivity contribution >= 4 is 15.9 Å². The largest absolute Gasteiger partial charge is 0.494 e. The summed E-state index contributed by atoms with van der Waals surface area (Å²) in [5.41, 5.74) is 4.18. The Hall–Kier alpha value is -1.50. The van der Waals surface area contributed by atoms with E-state index < -0.39 is 5.82 Å². The Labute approximate surface area is 130 Å². The third kappa shape index (κ3) is 3.78. The van der Waals surface area contributed by atoms with Gasteiger partial charge in [0.15, 0.2) is 11.6 Å². The van der Waals surface area contributed by atoms with Gasteiger partial charge >= 0.3 is 0 Å². The first-order valence-corrected chi connectivity index (χ1v) is 7.08. The molecule has 1 atom stereocenters. The van der Waals surface area contributed by atoms with Crippen LogP contribution in [0.1, 0.15) is 17.2 Å². The Kier molecular flexibility index (Phi) is 5.27. The maximum absolute atomic E-state index is 13.4. The van der Waals surface area contributed by atoms with Gasteiger partial charge < -0.3 is 4.74 Å². The third-order valence-electron chi connectivity index (χ3n) is 3.21. The first kappa shape index (κ1) is 15.9. The highest BCUT2D eigenvalue weighted by Crippen LogP contribution is 2.27. The first-order valence-electron chi connectivity index (χ1n) is 6.28. The average Bonchev–Trinajstić information content (AvgIpc) is 2.49. The van der Waals surface area contributed by atoms with Gasteiger partial charge in [0.05, 0.1) is 13.2 Å². The molecule has 21 heavy (non-hydrogen) atoms. The Balaban J connectivity index is 2.29. The molecule has 2 aromatic carbocycles. The molecule has 0 radical (unpaired) electrons. The van der Waals surface area contributed by atoms with Gasteiger partial charge in [0.2, 0.25) is 0 Å². The predicted molar refractivity (Wildman–Crippen MR) is 80.8 cm³/mol. The highest BCUT2D eigenvalue weighted by atomic mass is 79.9. The van der Waals surface area contributed by atoms with Gasteiger partial charge in [-0.2, -0.15) is 0 Å². The van der Waals surface area contributed by atoms with E-state index in [4.69, 9.17) is 10.6 Å². The highest BCUT2D eigenvalue weighted by molar-refractivity contribution is 9.10. The molecule has 0 bridgehead atoms. The van der Waals surface area contributed by atoms with Crippen LogP contribution in [0.15, 0.2) is 40.9 Å². The molecule has 0 fully saturated rings. The molecule has 6 heteroatoms. The van der Waals surface area contributed by atoms with Crippen molar-refractivity contribution in [1.29, 1.82) is 0 Å². The van der Waals surface area contributed by atoms with Gasteiger partial charge in [-0.3, -0.25) is 11.3 Å². The van der Waals surface area contributed by atoms with Crippen LogP contribution in [0.2, 0.25) is 0 Å². The number of ether oxygens (including phenoxy) is 1. The lowest BCUT2D eigenvalue weighted by Crippen LogP contribution is -2.29. The fraction of sp³-hybridized carbons (Fsp3) is 0.200. The zero-order valence-corrected chi connectivity index (χ0v) is 13.0. The molecule has 3 N–H and O–H groups in total. The van der Waals surface area contributed by atoms with E-state index in [1.54, 1.807) is 18.2 Å². The number of nitrogens with two attached hydrogens (primary N) is 1. The number of hydrogen-bond acceptors (Lipinski definition) is 3. The number of nitrogens with one attached hydrogen (secondary N) is 1. The summed E-state index contributed by atoms with van der Waals surface area (Å²) in [4.78, 5) is 0. The molecule has 0 spiro atoms. The monoisotopic (exact) mass is 356 g/mol. The van der Waals surface area contributed by atoms with E-state index in [-0.39, 0.29) is 17.6 Å². The summed E-state index contributed by atoms with van der Waals surface area (Å²) in [6.07, 6.45) is 0.448. The summed E-state index contributed by atoms with van der Waals surface area (Å²) in [6.45, 7) is 0. The zero-order chi connectivity index (χ0) is 15.4. The minimum Gasteiger partial charge on any atom is -0.494 e. The van der Waals surface area contributed by atoms with Crippen LogP contribution >= 0.6 is 15.9 Å². The SMILES string of the molecule is COc1cc(C(Cc2cc(F)ccc2Br)NN)ccc1F. The molecule has 112 valence electrons. The molecular formula is C15H15BrF2N2O. The standard InChI is InChI=1S/C15H15BrF2N2O/c1-21-15-8-9(2-5-13(15)18)14(20-19)7-10-6-11(17)3-4-12(10)16/h2-6,8,14,20H,7,19H2,1H3. The maximum atomic E-state index is 13.4. The fourth-order valence-electron chi connectivity index (χ4n) is 2.09. The number of hydrazine groups is 1. The van der Waals surface area contributed by atoms with Crippen molar-refractivity contribution in [1.82, 2.24) is 5.43 Å². The third-order valence-corrected chi connectivity index (χ3v) is 3.98. The lowest BCUT2D eigenvalue weighted by molar-refractivity contribution is 0.384. The summed E-state index contributed by atoms with van der Waals surface area (Å²) in [7, 11) is 1.40. The topological polar surface area (TPSA) is 47.3 Å². The fourth-order valence-corrected chi connectivity index (χ4v) is 2.49. The minimum absolute atomic E-state index is 0.144. The molecule has 0 aliphatic heterocycles. The van der Waals surface area contributed by atoms with Crippen LogP contribution in [0.25, 0.3) is 0 Å². The molecule has 2 rings (SSSR count). The van der Waals surface area contributed by atoms with Gasteiger partial charge in [-0.25, -0.2) is 8.78 Å². The number of halogens is 3. The van der Waals surface area contributed by atoms with E-state index >= 15 is 0 Å². The quantitative estimate of drug-likeness (QED) is 0.636. The van der Waals surface area contributed by atoms with Gasteiger partial charge in [-0.1, -0.05) is 22.0 Å². The van der Waals surface area contributed by atoms with Crippen molar-refractivity contribution in [2.24, 2.45) is 5.84 Å². The van der Waals surface area contributed by atoms with Crippen molar-refractivity contribution < 1.29 is 13.5 Å². The number of benzene rings is 2. The molecule has 0 aliphatic carbocycles. The summed E-state index contributed by atoms with van der Waals surface area (Å²) >= 11 is 3.38. The van der Waals surface area contributed by atoms with E-state index in [1.807, 2.05) is 0 Å². The molecule has 2 aromatic rings. The molecule has 1 unspecified atom stereocenters. The maximum Gasteiger partial charge on any atom is 0.165 e. The van der Waals surface area contributed by atoms with Crippen LogP contribution < -0.4 is 16.0 Å². The normalized spacial score (nSPS) is 12.2. The van der Waals surface area contributed by atoms with Crippen LogP contribution in [0.5, 0.6) is 5.75 Å². The van der Waals surface area contributed by atoms with Crippen LogP contribution in [0.3, 0.4) is 0 Å². The molecule has 0 heterocycles. The van der Waals surface area contributed by atoms with Crippen LogP contribution in [-0.4, -0.2) is 7.11 Å². The Morgan fingerprint density at radius 3 is 2.67 bits per heavy atom. The molecule has 0 aromatic heterocycles. The smallest absolute Gasteiger partial charge is 0.165 e. The second kappa shape index (κ2) is 6.98. The van der Waals surface area contributed by atoms with Crippen LogP contribution in [0.4, 0.5) is 8.78 Å². The Morgan fingerprint density at radius 1 is 1.24 bits per heavy atom. The summed E-state index contributed by atoms with van der Waals surface area (Å²) in [5, 5.41) is 0. The van der Waals surface area contributed by atoms with Crippen molar-refractivity contribution in [2.75, 3.05) is 7.11 Å². The van der Waals surface area contributed by atoms with Gasteiger partial charge in [0, 0.05) is 4.47 Å². The van der Waals surface area contributed by atoms with Crippen LogP contribution in [-0.2, 0) is 6.42 Å². The van der Waals surface area contributed by atoms with E-state index in [9.17, 15) is 8.78 Å². The lowest BCUT2D eigenvalue weighted by atomic mass is 9.99. The summed E-state index contributed by atoms with van der Waals surface area (Å²) in [6, 6.07) is 8.68. The minimum atomic E-state index is -0.441. The predicted octanol–water partition coefficient (Wildman–Crippen LogP) is 3.48. The van der Waals surface area contributed by atoms with Crippen molar-refractivity contribution in [3.8, 4) is 5.75 Å². The number of rotatable bonds is 5. The zero-order valence-electron chi connectivity index (χ0n) is 11.4. The summed E-state index contributed by atoms with van der Waals surface area (Å²) < 4.78 is 32.5. The van der Waals surface area contributed by atoms with Crippen molar-refractivity contribution in [3.63, 3.8) is 0 Å². The van der Waals surface area contributed by atoms with Gasteiger partial charge in [0.25, 0.3) is 0 Å². The molecule has 3 nitrogen and oxygen atoms in total. The second-order valence-electron chi connectivity index (χ2n) is 4.55. The molecule has 0 aliphatic rings.